The lowest BCUT2D eigenvalue weighted by Gasteiger charge is -2.12. The SMILES string of the molecule is OSSSSC1=C(SSSSO)C=CC[CH]1. The molecule has 0 aromatic carbocycles. The monoisotopic (exact) mass is 367 g/mol. The van der Waals surface area contributed by atoms with Crippen LogP contribution >= 0.6 is 83.0 Å². The minimum absolute atomic E-state index is 0.762. The van der Waals surface area contributed by atoms with Crippen LogP contribution in [0.1, 0.15) is 6.42 Å². The molecule has 0 aromatic heterocycles. The summed E-state index contributed by atoms with van der Waals surface area (Å²) in [6, 6.07) is 0. The quantitative estimate of drug-likeness (QED) is 0.276. The summed E-state index contributed by atoms with van der Waals surface area (Å²) >= 11 is 1.53. The van der Waals surface area contributed by atoms with Gasteiger partial charge in [-0.2, -0.15) is 0 Å². The average molecular weight is 368 g/mol. The van der Waals surface area contributed by atoms with Crippen LogP contribution in [-0.2, 0) is 0 Å². The Bertz CT molecular complexity index is 255. The first kappa shape index (κ1) is 16.3. The fraction of sp³-hybridized carbons (Fsp3) is 0.167. The second-order valence-corrected chi connectivity index (χ2v) is 12.6. The number of rotatable bonds is 8. The minimum atomic E-state index is 0.762. The third-order valence-corrected chi connectivity index (χ3v) is 11.4. The van der Waals surface area contributed by atoms with Crippen LogP contribution in [0.3, 0.4) is 0 Å². The van der Waals surface area contributed by atoms with E-state index in [-0.39, 0.29) is 0 Å². The summed E-state index contributed by atoms with van der Waals surface area (Å²) in [6.07, 6.45) is 7.33. The number of hydrogen-bond donors (Lipinski definition) is 2. The van der Waals surface area contributed by atoms with Crippen LogP contribution < -0.4 is 0 Å². The molecule has 0 atom stereocenters. The van der Waals surface area contributed by atoms with Crippen molar-refractivity contribution in [3.63, 3.8) is 0 Å². The van der Waals surface area contributed by atoms with Gasteiger partial charge in [-0.05, 0) is 47.7 Å². The van der Waals surface area contributed by atoms with E-state index in [9.17, 15) is 0 Å². The van der Waals surface area contributed by atoms with Gasteiger partial charge in [0.25, 0.3) is 0 Å². The van der Waals surface area contributed by atoms with Crippen LogP contribution in [0.15, 0.2) is 22.0 Å². The van der Waals surface area contributed by atoms with E-state index in [1.54, 1.807) is 31.4 Å². The Morgan fingerprint density at radius 3 is 2.12 bits per heavy atom. The van der Waals surface area contributed by atoms with Crippen molar-refractivity contribution < 1.29 is 9.11 Å². The highest BCUT2D eigenvalue weighted by atomic mass is 33.7. The molecule has 0 fully saturated rings. The lowest BCUT2D eigenvalue weighted by Crippen LogP contribution is -1.86. The van der Waals surface area contributed by atoms with Crippen molar-refractivity contribution in [3.8, 4) is 0 Å². The largest absolute Gasteiger partial charge is 0.320 e. The van der Waals surface area contributed by atoms with Gasteiger partial charge in [-0.3, -0.25) is 0 Å². The summed E-state index contributed by atoms with van der Waals surface area (Å²) in [6.45, 7) is 0. The van der Waals surface area contributed by atoms with Gasteiger partial charge in [0.2, 0.25) is 0 Å². The van der Waals surface area contributed by atoms with Crippen LogP contribution in [0.5, 0.6) is 0 Å². The van der Waals surface area contributed by atoms with Crippen LogP contribution in [0, 0.1) is 6.42 Å². The van der Waals surface area contributed by atoms with E-state index in [1.165, 1.54) is 39.3 Å². The summed E-state index contributed by atoms with van der Waals surface area (Å²) in [4.78, 5) is 2.41. The Morgan fingerprint density at radius 1 is 0.875 bits per heavy atom. The van der Waals surface area contributed by atoms with Crippen molar-refractivity contribution in [2.75, 3.05) is 0 Å². The second kappa shape index (κ2) is 11.1. The fourth-order valence-corrected chi connectivity index (χ4v) is 9.03. The maximum atomic E-state index is 8.60. The van der Waals surface area contributed by atoms with Gasteiger partial charge in [0.1, 0.15) is 0 Å². The van der Waals surface area contributed by atoms with Crippen LogP contribution in [-0.4, -0.2) is 9.11 Å². The molecule has 0 spiro atoms. The van der Waals surface area contributed by atoms with Crippen molar-refractivity contribution in [1.82, 2.24) is 0 Å². The van der Waals surface area contributed by atoms with Crippen molar-refractivity contribution in [2.24, 2.45) is 0 Å². The van der Waals surface area contributed by atoms with Crippen molar-refractivity contribution in [3.05, 3.63) is 28.4 Å². The summed E-state index contributed by atoms with van der Waals surface area (Å²) in [5, 5.41) is 0. The normalized spacial score (nSPS) is 15.9. The molecule has 0 aromatic rings. The Morgan fingerprint density at radius 2 is 1.50 bits per heavy atom. The van der Waals surface area contributed by atoms with Crippen molar-refractivity contribution in [1.29, 1.82) is 0 Å². The zero-order valence-corrected chi connectivity index (χ0v) is 14.1. The molecule has 16 heavy (non-hydrogen) atoms. The molecule has 0 bridgehead atoms. The van der Waals surface area contributed by atoms with Gasteiger partial charge in [-0.25, -0.2) is 0 Å². The molecule has 91 valence electrons. The van der Waals surface area contributed by atoms with Crippen LogP contribution in [0.2, 0.25) is 0 Å². The predicted octanol–water partition coefficient (Wildman–Crippen LogP) is 6.66. The van der Waals surface area contributed by atoms with Crippen molar-refractivity contribution in [2.45, 2.75) is 6.42 Å². The molecule has 2 nitrogen and oxygen atoms in total. The first-order valence-corrected chi connectivity index (χ1v) is 13.3. The lowest BCUT2D eigenvalue weighted by molar-refractivity contribution is 0.675. The summed E-state index contributed by atoms with van der Waals surface area (Å²) in [5.74, 6) is 0. The van der Waals surface area contributed by atoms with E-state index in [2.05, 4.69) is 18.6 Å². The van der Waals surface area contributed by atoms with E-state index in [0.29, 0.717) is 0 Å². The van der Waals surface area contributed by atoms with Crippen LogP contribution in [0.25, 0.3) is 0 Å². The smallest absolute Gasteiger partial charge is 0.0720 e. The fourth-order valence-electron chi connectivity index (χ4n) is 0.803. The Hall–Kier alpha value is 2.20. The van der Waals surface area contributed by atoms with Gasteiger partial charge in [0.05, 0.1) is 22.1 Å². The Balaban J connectivity index is 2.40. The molecule has 1 radical (unpaired) electrons. The average Bonchev–Trinajstić information content (AvgIpc) is 2.32. The maximum absolute atomic E-state index is 8.60. The molecule has 0 amide bonds. The van der Waals surface area contributed by atoms with Gasteiger partial charge >= 0.3 is 0 Å². The van der Waals surface area contributed by atoms with Gasteiger partial charge in [0.15, 0.2) is 0 Å². The maximum Gasteiger partial charge on any atom is 0.0720 e. The summed E-state index contributed by atoms with van der Waals surface area (Å²) in [7, 11) is 9.04. The van der Waals surface area contributed by atoms with Crippen molar-refractivity contribution >= 4 is 83.0 Å². The first-order valence-electron chi connectivity index (χ1n) is 3.75. The molecule has 2 N–H and O–H groups in total. The highest BCUT2D eigenvalue weighted by Crippen LogP contribution is 2.52. The molecule has 0 aliphatic heterocycles. The van der Waals surface area contributed by atoms with E-state index in [1.807, 2.05) is 0 Å². The third kappa shape index (κ3) is 6.95. The number of allylic oxidation sites excluding steroid dienone is 3. The highest BCUT2D eigenvalue weighted by molar-refractivity contribution is 9.26. The minimum Gasteiger partial charge on any atom is -0.320 e. The molecule has 0 saturated carbocycles. The molecule has 0 heterocycles. The Kier molecular flexibility index (Phi) is 11.2. The molecular formula is C6H7O2S8. The molecule has 0 unspecified atom stereocenters. The zero-order chi connectivity index (χ0) is 11.6. The Labute approximate surface area is 126 Å². The third-order valence-electron chi connectivity index (χ3n) is 1.32. The first-order chi connectivity index (χ1) is 7.88. The molecule has 1 aliphatic rings. The topological polar surface area (TPSA) is 40.5 Å². The van der Waals surface area contributed by atoms with Gasteiger partial charge in [0, 0.05) is 35.9 Å². The van der Waals surface area contributed by atoms with E-state index < -0.39 is 0 Å². The highest BCUT2D eigenvalue weighted by Gasteiger charge is 2.11. The van der Waals surface area contributed by atoms with E-state index in [0.717, 1.165) is 28.6 Å². The van der Waals surface area contributed by atoms with Gasteiger partial charge in [-0.1, -0.05) is 12.2 Å². The molecule has 1 rings (SSSR count). The van der Waals surface area contributed by atoms with E-state index >= 15 is 0 Å². The summed E-state index contributed by atoms with van der Waals surface area (Å²) < 4.78 is 17.2. The summed E-state index contributed by atoms with van der Waals surface area (Å²) in [5.41, 5.74) is 0. The predicted molar refractivity (Wildman–Crippen MR) is 91.1 cm³/mol. The van der Waals surface area contributed by atoms with Crippen LogP contribution in [0.4, 0.5) is 0 Å². The second-order valence-electron chi connectivity index (χ2n) is 2.16. The lowest BCUT2D eigenvalue weighted by atomic mass is 10.2. The molecule has 10 heteroatoms. The zero-order valence-electron chi connectivity index (χ0n) is 7.60. The molecule has 1 aliphatic carbocycles. The molecular weight excluding hydrogens is 361 g/mol. The van der Waals surface area contributed by atoms with E-state index in [4.69, 9.17) is 9.11 Å². The molecule has 0 saturated heterocycles. The van der Waals surface area contributed by atoms with Gasteiger partial charge in [-0.15, -0.1) is 0 Å². The van der Waals surface area contributed by atoms with Gasteiger partial charge < -0.3 is 9.11 Å². The number of hydrogen-bond acceptors (Lipinski definition) is 10. The standard InChI is InChI=1S/C6H7O2S8/c7-11-15-13-9-5-3-1-2-4-6(5)10-14-16-12-8/h1,3-4,7-8H,2H2.